The van der Waals surface area contributed by atoms with E-state index in [1.54, 1.807) is 0 Å². The van der Waals surface area contributed by atoms with Crippen molar-refractivity contribution in [2.24, 2.45) is 5.73 Å². The third kappa shape index (κ3) is 33.4. The van der Waals surface area contributed by atoms with Crippen molar-refractivity contribution in [2.75, 3.05) is 19.8 Å². The molecule has 1 aliphatic rings. The number of phosphoric acid groups is 1. The summed E-state index contributed by atoms with van der Waals surface area (Å²) in [5.41, 5.74) is 5.34. The van der Waals surface area contributed by atoms with Gasteiger partial charge in [-0.3, -0.25) is 23.4 Å². The monoisotopic (exact) mass is 830 g/mol. The predicted molar refractivity (Wildman–Crippen MR) is 226 cm³/mol. The molecule has 4 N–H and O–H groups in total. The molecule has 0 aromatic rings. The van der Waals surface area contributed by atoms with Crippen LogP contribution in [0.1, 0.15) is 194 Å². The molecule has 0 aliphatic carbocycles. The number of allylic oxidation sites excluding steroid dienone is 3. The van der Waals surface area contributed by atoms with Crippen LogP contribution in [0, 0.1) is 0 Å². The molecule has 3 unspecified atom stereocenters. The first-order valence-electron chi connectivity index (χ1n) is 22.5. The molecule has 1 saturated heterocycles. The van der Waals surface area contributed by atoms with Gasteiger partial charge >= 0.3 is 25.7 Å². The maximum atomic E-state index is 12.6. The lowest BCUT2D eigenvalue weighted by Crippen LogP contribution is -2.34. The van der Waals surface area contributed by atoms with Crippen LogP contribution >= 0.6 is 7.82 Å². The van der Waals surface area contributed by atoms with Crippen molar-refractivity contribution in [1.29, 1.82) is 0 Å². The molecule has 5 atom stereocenters. The second-order valence-corrected chi connectivity index (χ2v) is 17.0. The second kappa shape index (κ2) is 35.8. The highest BCUT2D eigenvalue weighted by atomic mass is 31.2. The van der Waals surface area contributed by atoms with Crippen LogP contribution in [0.2, 0.25) is 0 Å². The highest BCUT2D eigenvalue weighted by Gasteiger charge is 2.36. The standard InChI is InChI=1S/C44H80NO11P/c1-3-5-7-9-11-12-13-14-15-16-17-18-19-20-21-25-30-34-43(47)55-38(36-53-57(50,51)54-37-39(45)44(48)49)35-52-42(46)33-29-26-22-24-28-32-41-40(56-41)31-27-23-10-8-6-4-2/h14-15,23,27,38-41H,3-13,16-22,24-26,28-37,45H2,1-2H3,(H,48,49)(H,50,51)/b15-14-,27-23-/t38-,39+,40?,41?/m1/s1. The van der Waals surface area contributed by atoms with Crippen LogP contribution in [-0.4, -0.2) is 72.1 Å². The van der Waals surface area contributed by atoms with Crippen LogP contribution in [0.25, 0.3) is 0 Å². The number of hydrogen-bond acceptors (Lipinski definition) is 10. The molecule has 12 nitrogen and oxygen atoms in total. The Bertz CT molecular complexity index is 1130. The molecular weight excluding hydrogens is 749 g/mol. The molecular formula is C44H80NO11P. The van der Waals surface area contributed by atoms with Crippen molar-refractivity contribution in [2.45, 2.75) is 218 Å². The minimum absolute atomic E-state index is 0.151. The van der Waals surface area contributed by atoms with E-state index in [0.29, 0.717) is 25.0 Å². The maximum Gasteiger partial charge on any atom is 0.472 e. The number of nitrogens with two attached hydrogens (primary N) is 1. The van der Waals surface area contributed by atoms with E-state index < -0.39 is 51.1 Å². The smallest absolute Gasteiger partial charge is 0.472 e. The first-order valence-corrected chi connectivity index (χ1v) is 24.0. The number of phosphoric ester groups is 1. The number of aliphatic carboxylic acids is 1. The Morgan fingerprint density at radius 2 is 1.11 bits per heavy atom. The average molecular weight is 830 g/mol. The zero-order valence-electron chi connectivity index (χ0n) is 35.6. The van der Waals surface area contributed by atoms with Gasteiger partial charge in [0.2, 0.25) is 0 Å². The molecule has 13 heteroatoms. The molecule has 57 heavy (non-hydrogen) atoms. The number of carbonyl (C=O) groups excluding carboxylic acids is 2. The van der Waals surface area contributed by atoms with Crippen LogP contribution in [0.15, 0.2) is 24.3 Å². The molecule has 0 aromatic heterocycles. The van der Waals surface area contributed by atoms with Crippen molar-refractivity contribution < 1.29 is 52.2 Å². The molecule has 0 aromatic carbocycles. The lowest BCUT2D eigenvalue weighted by molar-refractivity contribution is -0.161. The lowest BCUT2D eigenvalue weighted by atomic mass is 10.1. The summed E-state index contributed by atoms with van der Waals surface area (Å²) in [6, 6.07) is -1.53. The van der Waals surface area contributed by atoms with Crippen molar-refractivity contribution >= 4 is 25.7 Å². The molecule has 0 radical (unpaired) electrons. The Kier molecular flexibility index (Phi) is 33.3. The molecule has 1 aliphatic heterocycles. The van der Waals surface area contributed by atoms with E-state index in [2.05, 4.69) is 42.7 Å². The average Bonchev–Trinajstić information content (AvgIpc) is 3.94. The summed E-state index contributed by atoms with van der Waals surface area (Å²) in [6.45, 7) is 2.75. The van der Waals surface area contributed by atoms with Gasteiger partial charge in [-0.25, -0.2) is 4.57 Å². The van der Waals surface area contributed by atoms with Crippen molar-refractivity contribution in [3.05, 3.63) is 24.3 Å². The Morgan fingerprint density at radius 3 is 1.70 bits per heavy atom. The minimum atomic E-state index is -4.72. The number of carboxylic acids is 1. The second-order valence-electron chi connectivity index (χ2n) is 15.6. The fourth-order valence-electron chi connectivity index (χ4n) is 6.42. The first-order chi connectivity index (χ1) is 27.6. The van der Waals surface area contributed by atoms with Gasteiger partial charge in [-0.05, 0) is 64.2 Å². The van der Waals surface area contributed by atoms with E-state index in [4.69, 9.17) is 29.6 Å². The number of hydrogen-bond donors (Lipinski definition) is 3. The predicted octanol–water partition coefficient (Wildman–Crippen LogP) is 10.8. The van der Waals surface area contributed by atoms with Crippen molar-refractivity contribution in [1.82, 2.24) is 0 Å². The number of esters is 2. The fraction of sp³-hybridized carbons (Fsp3) is 0.841. The Morgan fingerprint density at radius 1 is 0.632 bits per heavy atom. The van der Waals surface area contributed by atoms with Crippen LogP contribution < -0.4 is 5.73 Å². The van der Waals surface area contributed by atoms with Gasteiger partial charge in [-0.15, -0.1) is 0 Å². The number of ether oxygens (including phenoxy) is 3. The molecule has 0 saturated carbocycles. The van der Waals surface area contributed by atoms with E-state index in [1.807, 2.05) is 0 Å². The lowest BCUT2D eigenvalue weighted by Gasteiger charge is -2.20. The highest BCUT2D eigenvalue weighted by molar-refractivity contribution is 7.47. The number of rotatable bonds is 41. The Labute approximate surface area is 345 Å². The molecule has 0 bridgehead atoms. The van der Waals surface area contributed by atoms with Gasteiger partial charge in [0.15, 0.2) is 6.10 Å². The zero-order valence-corrected chi connectivity index (χ0v) is 36.5. The largest absolute Gasteiger partial charge is 0.480 e. The molecule has 1 rings (SSSR count). The Balaban J connectivity index is 2.27. The zero-order chi connectivity index (χ0) is 41.8. The molecule has 0 spiro atoms. The van der Waals surface area contributed by atoms with Crippen LogP contribution in [0.5, 0.6) is 0 Å². The minimum Gasteiger partial charge on any atom is -0.480 e. The summed E-state index contributed by atoms with van der Waals surface area (Å²) in [5, 5.41) is 8.90. The third-order valence-electron chi connectivity index (χ3n) is 10.1. The Hall–Kier alpha value is -2.08. The normalized spacial score (nSPS) is 17.5. The van der Waals surface area contributed by atoms with Gasteiger partial charge in [0.05, 0.1) is 25.4 Å². The summed E-state index contributed by atoms with van der Waals surface area (Å²) in [5.74, 6) is -2.41. The van der Waals surface area contributed by atoms with E-state index >= 15 is 0 Å². The van der Waals surface area contributed by atoms with Gasteiger partial charge in [0.1, 0.15) is 12.6 Å². The van der Waals surface area contributed by atoms with Crippen molar-refractivity contribution in [3.63, 3.8) is 0 Å². The molecule has 0 amide bonds. The summed E-state index contributed by atoms with van der Waals surface area (Å²) in [6.07, 6.45) is 38.3. The highest BCUT2D eigenvalue weighted by Crippen LogP contribution is 2.43. The quantitative estimate of drug-likeness (QED) is 0.0174. The van der Waals surface area contributed by atoms with Crippen LogP contribution in [0.4, 0.5) is 0 Å². The van der Waals surface area contributed by atoms with Crippen molar-refractivity contribution in [3.8, 4) is 0 Å². The topological polar surface area (TPSA) is 184 Å². The third-order valence-corrected chi connectivity index (χ3v) is 11.0. The number of epoxide rings is 1. The van der Waals surface area contributed by atoms with Gasteiger partial charge in [0, 0.05) is 12.8 Å². The molecule has 332 valence electrons. The van der Waals surface area contributed by atoms with Gasteiger partial charge in [0.25, 0.3) is 0 Å². The van der Waals surface area contributed by atoms with Crippen LogP contribution in [-0.2, 0) is 42.2 Å². The number of carbonyl (C=O) groups is 3. The SMILES string of the molecule is CCCCC/C=C\CC1OC1CCCCCCCC(=O)OC[C@H](COP(=O)(O)OC[C@H](N)C(=O)O)OC(=O)CCCCCCCCC/C=C\CCCCCCCC. The van der Waals surface area contributed by atoms with E-state index in [-0.39, 0.29) is 19.4 Å². The molecule has 1 fully saturated rings. The number of carboxylic acid groups (broad SMARTS) is 1. The van der Waals surface area contributed by atoms with Gasteiger partial charge in [-0.1, -0.05) is 141 Å². The van der Waals surface area contributed by atoms with Crippen LogP contribution in [0.3, 0.4) is 0 Å². The fourth-order valence-corrected chi connectivity index (χ4v) is 7.20. The summed E-state index contributed by atoms with van der Waals surface area (Å²) < 4.78 is 38.5. The summed E-state index contributed by atoms with van der Waals surface area (Å²) in [7, 11) is -4.72. The van der Waals surface area contributed by atoms with E-state index in [9.17, 15) is 23.8 Å². The van der Waals surface area contributed by atoms with Gasteiger partial charge in [-0.2, -0.15) is 0 Å². The van der Waals surface area contributed by atoms with E-state index in [1.165, 1.54) is 77.0 Å². The van der Waals surface area contributed by atoms with Gasteiger partial charge < -0.3 is 29.9 Å². The molecule has 1 heterocycles. The van der Waals surface area contributed by atoms with E-state index in [0.717, 1.165) is 77.0 Å². The summed E-state index contributed by atoms with van der Waals surface area (Å²) in [4.78, 5) is 46.0. The first kappa shape index (κ1) is 52.9. The maximum absolute atomic E-state index is 12.6. The summed E-state index contributed by atoms with van der Waals surface area (Å²) >= 11 is 0. The number of unbranched alkanes of at least 4 members (excludes halogenated alkanes) is 20.